The third-order valence-electron chi connectivity index (χ3n) is 3.76. The van der Waals surface area contributed by atoms with E-state index in [1.165, 1.54) is 24.1 Å². The van der Waals surface area contributed by atoms with Crippen molar-refractivity contribution in [2.45, 2.75) is 6.42 Å². The number of nitrogens with zero attached hydrogens (tertiary/aromatic N) is 3. The summed E-state index contributed by atoms with van der Waals surface area (Å²) in [4.78, 5) is 36.4. The van der Waals surface area contributed by atoms with Crippen LogP contribution in [-0.4, -0.2) is 37.1 Å². The van der Waals surface area contributed by atoms with Gasteiger partial charge in [0.1, 0.15) is 11.3 Å². The first-order valence-electron chi connectivity index (χ1n) is 8.20. The Kier molecular flexibility index (Phi) is 7.05. The molecule has 2 aromatic rings. The molecule has 0 aliphatic heterocycles. The first kappa shape index (κ1) is 20.4. The van der Waals surface area contributed by atoms with Crippen LogP contribution in [0.1, 0.15) is 16.8 Å². The zero-order valence-electron chi connectivity index (χ0n) is 15.0. The van der Waals surface area contributed by atoms with E-state index in [0.29, 0.717) is 5.69 Å². The van der Waals surface area contributed by atoms with Crippen LogP contribution in [0, 0.1) is 21.4 Å². The van der Waals surface area contributed by atoms with Crippen molar-refractivity contribution in [1.82, 2.24) is 0 Å². The molecule has 1 amide bonds. The molecule has 0 saturated heterocycles. The van der Waals surface area contributed by atoms with E-state index < -0.39 is 23.4 Å². The van der Waals surface area contributed by atoms with E-state index in [1.54, 1.807) is 30.3 Å². The summed E-state index contributed by atoms with van der Waals surface area (Å²) in [6.45, 7) is -0.456. The standard InChI is InChI=1S/C19H17N3O6/c1-27-17-9-8-15(22(25)26)12-16(17)19(24)28-13-18(23)21(11-5-10-20)14-6-3-2-4-7-14/h2-4,6-9,12H,5,11,13H2,1H3. The van der Waals surface area contributed by atoms with Crippen molar-refractivity contribution in [3.63, 3.8) is 0 Å². The molecular formula is C19H17N3O6. The monoisotopic (exact) mass is 383 g/mol. The van der Waals surface area contributed by atoms with Crippen LogP contribution in [0.2, 0.25) is 0 Å². The summed E-state index contributed by atoms with van der Waals surface area (Å²) in [5.74, 6) is -1.37. The average Bonchev–Trinajstić information content (AvgIpc) is 2.72. The fourth-order valence-electron chi connectivity index (χ4n) is 2.42. The summed E-state index contributed by atoms with van der Waals surface area (Å²) in [5.41, 5.74) is 0.0959. The lowest BCUT2D eigenvalue weighted by Crippen LogP contribution is -2.35. The van der Waals surface area contributed by atoms with Crippen molar-refractivity contribution in [2.75, 3.05) is 25.2 Å². The van der Waals surface area contributed by atoms with Gasteiger partial charge in [0.2, 0.25) is 0 Å². The molecule has 0 aliphatic carbocycles. The third kappa shape index (κ3) is 5.04. The molecular weight excluding hydrogens is 366 g/mol. The third-order valence-corrected chi connectivity index (χ3v) is 3.76. The quantitative estimate of drug-likeness (QED) is 0.390. The molecule has 2 aromatic carbocycles. The van der Waals surface area contributed by atoms with Gasteiger partial charge in [0, 0.05) is 24.4 Å². The van der Waals surface area contributed by atoms with E-state index in [4.69, 9.17) is 14.7 Å². The summed E-state index contributed by atoms with van der Waals surface area (Å²) in [5, 5.41) is 19.7. The van der Waals surface area contributed by atoms with Crippen LogP contribution in [0.5, 0.6) is 5.75 Å². The molecule has 9 nitrogen and oxygen atoms in total. The highest BCUT2D eigenvalue weighted by Crippen LogP contribution is 2.25. The number of hydrogen-bond donors (Lipinski definition) is 0. The van der Waals surface area contributed by atoms with Crippen LogP contribution >= 0.6 is 0 Å². The topological polar surface area (TPSA) is 123 Å². The number of nitro groups is 1. The number of carbonyl (C=O) groups is 2. The minimum Gasteiger partial charge on any atom is -0.496 e. The number of methoxy groups -OCH3 is 1. The molecule has 0 heterocycles. The van der Waals surface area contributed by atoms with E-state index in [0.717, 1.165) is 6.07 Å². The van der Waals surface area contributed by atoms with Crippen LogP contribution < -0.4 is 9.64 Å². The van der Waals surface area contributed by atoms with Crippen molar-refractivity contribution in [2.24, 2.45) is 0 Å². The van der Waals surface area contributed by atoms with Crippen molar-refractivity contribution in [3.05, 3.63) is 64.2 Å². The van der Waals surface area contributed by atoms with Gasteiger partial charge < -0.3 is 14.4 Å². The number of non-ortho nitro benzene ring substituents is 1. The summed E-state index contributed by atoms with van der Waals surface area (Å²) in [6.07, 6.45) is 0.104. The van der Waals surface area contributed by atoms with Crippen LogP contribution in [-0.2, 0) is 9.53 Å². The van der Waals surface area contributed by atoms with Crippen molar-refractivity contribution < 1.29 is 24.0 Å². The van der Waals surface area contributed by atoms with E-state index in [2.05, 4.69) is 0 Å². The highest BCUT2D eigenvalue weighted by molar-refractivity contribution is 5.98. The molecule has 0 aromatic heterocycles. The van der Waals surface area contributed by atoms with Crippen LogP contribution in [0.15, 0.2) is 48.5 Å². The van der Waals surface area contributed by atoms with Gasteiger partial charge in [0.05, 0.1) is 24.5 Å². The highest BCUT2D eigenvalue weighted by Gasteiger charge is 2.22. The molecule has 0 bridgehead atoms. The first-order valence-corrected chi connectivity index (χ1v) is 8.20. The normalized spacial score (nSPS) is 9.86. The molecule has 0 unspecified atom stereocenters. The highest BCUT2D eigenvalue weighted by atomic mass is 16.6. The minimum absolute atomic E-state index is 0.0902. The maximum absolute atomic E-state index is 12.5. The Labute approximate surface area is 160 Å². The van der Waals surface area contributed by atoms with Crippen molar-refractivity contribution >= 4 is 23.3 Å². The van der Waals surface area contributed by atoms with Gasteiger partial charge in [-0.2, -0.15) is 5.26 Å². The second-order valence-electron chi connectivity index (χ2n) is 5.51. The summed E-state index contributed by atoms with van der Waals surface area (Å²) >= 11 is 0. The number of benzene rings is 2. The molecule has 2 rings (SSSR count). The summed E-state index contributed by atoms with van der Waals surface area (Å²) < 4.78 is 10.1. The Hall–Kier alpha value is -3.93. The van der Waals surface area contributed by atoms with Crippen LogP contribution in [0.3, 0.4) is 0 Å². The van der Waals surface area contributed by atoms with Gasteiger partial charge in [-0.3, -0.25) is 14.9 Å². The van der Waals surface area contributed by atoms with Crippen molar-refractivity contribution in [3.8, 4) is 11.8 Å². The number of hydrogen-bond acceptors (Lipinski definition) is 7. The minimum atomic E-state index is -0.929. The molecule has 0 radical (unpaired) electrons. The Bertz CT molecular complexity index is 908. The van der Waals surface area contributed by atoms with Gasteiger partial charge in [-0.1, -0.05) is 18.2 Å². The lowest BCUT2D eigenvalue weighted by Gasteiger charge is -2.21. The molecule has 0 fully saturated rings. The van der Waals surface area contributed by atoms with Gasteiger partial charge in [0.15, 0.2) is 6.61 Å². The van der Waals surface area contributed by atoms with Gasteiger partial charge in [0.25, 0.3) is 11.6 Å². The lowest BCUT2D eigenvalue weighted by molar-refractivity contribution is -0.384. The molecule has 0 spiro atoms. The van der Waals surface area contributed by atoms with E-state index in [-0.39, 0.29) is 30.0 Å². The Morgan fingerprint density at radius 2 is 1.93 bits per heavy atom. The molecule has 0 atom stereocenters. The molecule has 0 saturated carbocycles. The summed E-state index contributed by atoms with van der Waals surface area (Å²) in [6, 6.07) is 14.1. The number of rotatable bonds is 8. The predicted octanol–water partition coefficient (Wildman–Crippen LogP) is 2.71. The fourth-order valence-corrected chi connectivity index (χ4v) is 2.42. The predicted molar refractivity (Wildman–Crippen MR) is 99.0 cm³/mol. The molecule has 144 valence electrons. The van der Waals surface area contributed by atoms with E-state index >= 15 is 0 Å². The van der Waals surface area contributed by atoms with E-state index in [1.807, 2.05) is 6.07 Å². The average molecular weight is 383 g/mol. The second kappa shape index (κ2) is 9.68. The zero-order chi connectivity index (χ0) is 20.5. The number of amides is 1. The number of esters is 1. The maximum Gasteiger partial charge on any atom is 0.342 e. The number of anilines is 1. The van der Waals surface area contributed by atoms with Gasteiger partial charge in [-0.25, -0.2) is 4.79 Å². The van der Waals surface area contributed by atoms with Crippen molar-refractivity contribution in [1.29, 1.82) is 5.26 Å². The number of para-hydroxylation sites is 1. The lowest BCUT2D eigenvalue weighted by atomic mass is 10.2. The Morgan fingerprint density at radius 1 is 1.21 bits per heavy atom. The molecule has 28 heavy (non-hydrogen) atoms. The number of nitriles is 1. The van der Waals surface area contributed by atoms with Crippen LogP contribution in [0.4, 0.5) is 11.4 Å². The van der Waals surface area contributed by atoms with E-state index in [9.17, 15) is 19.7 Å². The second-order valence-corrected chi connectivity index (χ2v) is 5.51. The number of nitro benzene ring substituents is 1. The Balaban J connectivity index is 2.14. The van der Waals surface area contributed by atoms with Gasteiger partial charge in [-0.15, -0.1) is 0 Å². The Morgan fingerprint density at radius 3 is 2.54 bits per heavy atom. The summed E-state index contributed by atoms with van der Waals surface area (Å²) in [7, 11) is 1.31. The molecule has 9 heteroatoms. The fraction of sp³-hybridized carbons (Fsp3) is 0.211. The van der Waals surface area contributed by atoms with Crippen LogP contribution in [0.25, 0.3) is 0 Å². The smallest absolute Gasteiger partial charge is 0.342 e. The number of ether oxygens (including phenoxy) is 2. The largest absolute Gasteiger partial charge is 0.496 e. The maximum atomic E-state index is 12.5. The van der Waals surface area contributed by atoms with Gasteiger partial charge >= 0.3 is 5.97 Å². The first-order chi connectivity index (χ1) is 13.5. The SMILES string of the molecule is COc1ccc([N+](=O)[O-])cc1C(=O)OCC(=O)N(CCC#N)c1ccccc1. The molecule has 0 N–H and O–H groups in total. The van der Waals surface area contributed by atoms with Gasteiger partial charge in [-0.05, 0) is 18.2 Å². The molecule has 0 aliphatic rings. The number of carbonyl (C=O) groups excluding carboxylic acids is 2. The zero-order valence-corrected chi connectivity index (χ0v) is 15.0.